The van der Waals surface area contributed by atoms with E-state index in [0.29, 0.717) is 5.92 Å². The van der Waals surface area contributed by atoms with Crippen LogP contribution in [0.1, 0.15) is 25.5 Å². The van der Waals surface area contributed by atoms with E-state index in [-0.39, 0.29) is 0 Å². The summed E-state index contributed by atoms with van der Waals surface area (Å²) >= 11 is 3.39. The summed E-state index contributed by atoms with van der Waals surface area (Å²) in [7, 11) is 0. The molecular weight excluding hydrogens is 294 g/mol. The number of hydrogen-bond acceptors (Lipinski definition) is 3. The predicted molar refractivity (Wildman–Crippen MR) is 71.9 cm³/mol. The van der Waals surface area contributed by atoms with E-state index < -0.39 is 0 Å². The molecule has 0 atom stereocenters. The van der Waals surface area contributed by atoms with Gasteiger partial charge in [-0.25, -0.2) is 14.2 Å². The number of rotatable bonds is 2. The quantitative estimate of drug-likeness (QED) is 0.731. The van der Waals surface area contributed by atoms with Crippen LogP contribution < -0.4 is 0 Å². The first kappa shape index (κ1) is 11.4. The van der Waals surface area contributed by atoms with Gasteiger partial charge in [0, 0.05) is 18.6 Å². The van der Waals surface area contributed by atoms with Crippen LogP contribution >= 0.6 is 15.9 Å². The average molecular weight is 306 g/mol. The molecule has 0 amide bonds. The minimum atomic E-state index is 0.391. The van der Waals surface area contributed by atoms with Crippen LogP contribution in [0.15, 0.2) is 35.3 Å². The third-order valence-corrected chi connectivity index (χ3v) is 3.16. The van der Waals surface area contributed by atoms with Crippen LogP contribution in [0.5, 0.6) is 0 Å². The Kier molecular flexibility index (Phi) is 2.66. The van der Waals surface area contributed by atoms with Gasteiger partial charge in [-0.1, -0.05) is 13.8 Å². The SMILES string of the molecule is CC(C)c1cc2c(-n3cc(Br)cn3)nccn2n1. The van der Waals surface area contributed by atoms with Crippen LogP contribution in [-0.2, 0) is 0 Å². The molecule has 3 heterocycles. The van der Waals surface area contributed by atoms with Gasteiger partial charge in [-0.2, -0.15) is 10.2 Å². The summed E-state index contributed by atoms with van der Waals surface area (Å²) in [6, 6.07) is 2.06. The standard InChI is InChI=1S/C12H12BrN5/c1-8(2)10-5-11-12(14-3-4-17(11)16-10)18-7-9(13)6-15-18/h3-8H,1-2H3. The highest BCUT2D eigenvalue weighted by Crippen LogP contribution is 2.20. The fraction of sp³-hybridized carbons (Fsp3) is 0.250. The molecule has 18 heavy (non-hydrogen) atoms. The minimum absolute atomic E-state index is 0.391. The van der Waals surface area contributed by atoms with Crippen molar-refractivity contribution in [3.63, 3.8) is 0 Å². The number of nitrogens with zero attached hydrogens (tertiary/aromatic N) is 5. The Morgan fingerprint density at radius 2 is 2.17 bits per heavy atom. The maximum Gasteiger partial charge on any atom is 0.179 e. The molecule has 5 nitrogen and oxygen atoms in total. The summed E-state index contributed by atoms with van der Waals surface area (Å²) in [5, 5.41) is 8.79. The van der Waals surface area contributed by atoms with E-state index in [2.05, 4.69) is 51.0 Å². The first-order valence-electron chi connectivity index (χ1n) is 5.70. The summed E-state index contributed by atoms with van der Waals surface area (Å²) in [6.45, 7) is 4.25. The predicted octanol–water partition coefficient (Wildman–Crippen LogP) is 2.80. The van der Waals surface area contributed by atoms with Crippen molar-refractivity contribution in [2.45, 2.75) is 19.8 Å². The molecule has 0 unspecified atom stereocenters. The van der Waals surface area contributed by atoms with Gasteiger partial charge in [-0.15, -0.1) is 0 Å². The molecular formula is C12H12BrN5. The molecule has 0 fully saturated rings. The van der Waals surface area contributed by atoms with E-state index in [1.54, 1.807) is 17.1 Å². The fourth-order valence-electron chi connectivity index (χ4n) is 1.80. The molecule has 0 spiro atoms. The Morgan fingerprint density at radius 1 is 1.33 bits per heavy atom. The highest BCUT2D eigenvalue weighted by molar-refractivity contribution is 9.10. The van der Waals surface area contributed by atoms with Crippen molar-refractivity contribution in [1.29, 1.82) is 0 Å². The molecule has 6 heteroatoms. The molecule has 0 saturated heterocycles. The molecule has 0 aromatic carbocycles. The average Bonchev–Trinajstić information content (AvgIpc) is 2.94. The summed E-state index contributed by atoms with van der Waals surface area (Å²) in [5.41, 5.74) is 2.01. The Labute approximate surface area is 113 Å². The second-order valence-corrected chi connectivity index (χ2v) is 5.32. The summed E-state index contributed by atoms with van der Waals surface area (Å²) in [4.78, 5) is 4.38. The first-order chi connectivity index (χ1) is 8.65. The Bertz CT molecular complexity index is 697. The maximum absolute atomic E-state index is 4.53. The molecule has 3 rings (SSSR count). The second-order valence-electron chi connectivity index (χ2n) is 4.41. The Hall–Kier alpha value is -1.69. The Morgan fingerprint density at radius 3 is 2.83 bits per heavy atom. The summed E-state index contributed by atoms with van der Waals surface area (Å²) in [5.74, 6) is 1.17. The van der Waals surface area contributed by atoms with E-state index in [0.717, 1.165) is 21.5 Å². The molecule has 3 aromatic heterocycles. The van der Waals surface area contributed by atoms with Crippen LogP contribution in [0.3, 0.4) is 0 Å². The molecule has 0 N–H and O–H groups in total. The van der Waals surface area contributed by atoms with E-state index >= 15 is 0 Å². The molecule has 0 saturated carbocycles. The minimum Gasteiger partial charge on any atom is -0.235 e. The largest absolute Gasteiger partial charge is 0.235 e. The van der Waals surface area contributed by atoms with Crippen molar-refractivity contribution < 1.29 is 0 Å². The van der Waals surface area contributed by atoms with E-state index in [4.69, 9.17) is 0 Å². The third-order valence-electron chi connectivity index (χ3n) is 2.75. The molecule has 0 aliphatic heterocycles. The second kappa shape index (κ2) is 4.20. The highest BCUT2D eigenvalue weighted by atomic mass is 79.9. The zero-order valence-corrected chi connectivity index (χ0v) is 11.7. The molecule has 92 valence electrons. The van der Waals surface area contributed by atoms with Crippen molar-refractivity contribution >= 4 is 21.4 Å². The lowest BCUT2D eigenvalue weighted by Gasteiger charge is -2.01. The monoisotopic (exact) mass is 305 g/mol. The van der Waals surface area contributed by atoms with Crippen LogP contribution in [0.2, 0.25) is 0 Å². The van der Waals surface area contributed by atoms with Crippen molar-refractivity contribution in [3.8, 4) is 5.82 Å². The van der Waals surface area contributed by atoms with Crippen LogP contribution in [0.25, 0.3) is 11.3 Å². The van der Waals surface area contributed by atoms with Crippen LogP contribution in [-0.4, -0.2) is 24.4 Å². The Balaban J connectivity index is 2.23. The molecule has 3 aromatic rings. The number of halogens is 1. The summed E-state index contributed by atoms with van der Waals surface area (Å²) < 4.78 is 4.51. The highest BCUT2D eigenvalue weighted by Gasteiger charge is 2.11. The van der Waals surface area contributed by atoms with Gasteiger partial charge in [-0.3, -0.25) is 0 Å². The topological polar surface area (TPSA) is 48.0 Å². The van der Waals surface area contributed by atoms with Gasteiger partial charge < -0.3 is 0 Å². The lowest BCUT2D eigenvalue weighted by molar-refractivity contribution is 0.781. The fourth-order valence-corrected chi connectivity index (χ4v) is 2.09. The van der Waals surface area contributed by atoms with Gasteiger partial charge in [0.2, 0.25) is 0 Å². The van der Waals surface area contributed by atoms with Crippen molar-refractivity contribution in [2.24, 2.45) is 0 Å². The van der Waals surface area contributed by atoms with E-state index in [1.165, 1.54) is 0 Å². The number of hydrogen-bond donors (Lipinski definition) is 0. The zero-order chi connectivity index (χ0) is 12.7. The molecule has 0 aliphatic carbocycles. The molecule has 0 aliphatic rings. The van der Waals surface area contributed by atoms with Crippen LogP contribution in [0.4, 0.5) is 0 Å². The molecule has 0 bridgehead atoms. The lowest BCUT2D eigenvalue weighted by atomic mass is 10.1. The van der Waals surface area contributed by atoms with Gasteiger partial charge >= 0.3 is 0 Å². The smallest absolute Gasteiger partial charge is 0.179 e. The zero-order valence-electron chi connectivity index (χ0n) is 10.1. The summed E-state index contributed by atoms with van der Waals surface area (Å²) in [6.07, 6.45) is 7.20. The first-order valence-corrected chi connectivity index (χ1v) is 6.49. The third kappa shape index (κ3) is 1.82. The van der Waals surface area contributed by atoms with Gasteiger partial charge in [0.25, 0.3) is 0 Å². The van der Waals surface area contributed by atoms with Crippen LogP contribution in [0, 0.1) is 0 Å². The van der Waals surface area contributed by atoms with Gasteiger partial charge in [0.05, 0.1) is 16.4 Å². The number of aromatic nitrogens is 5. The van der Waals surface area contributed by atoms with Crippen molar-refractivity contribution in [3.05, 3.63) is 41.0 Å². The van der Waals surface area contributed by atoms with Gasteiger partial charge in [0.1, 0.15) is 5.52 Å². The van der Waals surface area contributed by atoms with Gasteiger partial charge in [-0.05, 0) is 27.9 Å². The van der Waals surface area contributed by atoms with Gasteiger partial charge in [0.15, 0.2) is 5.82 Å². The van der Waals surface area contributed by atoms with E-state index in [1.807, 2.05) is 16.9 Å². The number of fused-ring (bicyclic) bond motifs is 1. The van der Waals surface area contributed by atoms with Crippen molar-refractivity contribution in [2.75, 3.05) is 0 Å². The molecule has 0 radical (unpaired) electrons. The van der Waals surface area contributed by atoms with Crippen molar-refractivity contribution in [1.82, 2.24) is 24.4 Å². The maximum atomic E-state index is 4.53. The normalized spacial score (nSPS) is 11.6. The van der Waals surface area contributed by atoms with E-state index in [9.17, 15) is 0 Å². The lowest BCUT2D eigenvalue weighted by Crippen LogP contribution is -2.01.